The molecule has 0 spiro atoms. The van der Waals surface area contributed by atoms with Crippen molar-refractivity contribution in [2.24, 2.45) is 0 Å². The number of halogens is 1. The lowest BCUT2D eigenvalue weighted by Gasteiger charge is -2.23. The Bertz CT molecular complexity index is 941. The molecule has 0 fully saturated rings. The average molecular weight is 425 g/mol. The van der Waals surface area contributed by atoms with Gasteiger partial charge in [-0.2, -0.15) is 0 Å². The molecule has 0 unspecified atom stereocenters. The highest BCUT2D eigenvalue weighted by Crippen LogP contribution is 2.42. The summed E-state index contributed by atoms with van der Waals surface area (Å²) in [6, 6.07) is 20.2. The molecule has 0 aliphatic rings. The van der Waals surface area contributed by atoms with Crippen LogP contribution >= 0.6 is 15.9 Å². The van der Waals surface area contributed by atoms with E-state index in [1.165, 1.54) is 0 Å². The van der Waals surface area contributed by atoms with Crippen LogP contribution in [0.15, 0.2) is 60.7 Å². The van der Waals surface area contributed by atoms with Crippen molar-refractivity contribution in [3.63, 3.8) is 0 Å². The van der Waals surface area contributed by atoms with Gasteiger partial charge in [-0.05, 0) is 35.1 Å². The maximum absolute atomic E-state index is 10.7. The van der Waals surface area contributed by atoms with Gasteiger partial charge in [0.1, 0.15) is 5.75 Å². The molecule has 0 amide bonds. The molecule has 0 saturated heterocycles. The number of ether oxygens (including phenoxy) is 1. The molecular weight excluding hydrogens is 400 g/mol. The maximum Gasteiger partial charge on any atom is 0.169 e. The van der Waals surface area contributed by atoms with E-state index in [4.69, 9.17) is 4.74 Å². The Morgan fingerprint density at radius 3 is 2.30 bits per heavy atom. The summed E-state index contributed by atoms with van der Waals surface area (Å²) in [7, 11) is 0. The van der Waals surface area contributed by atoms with Crippen LogP contribution in [0, 0.1) is 6.92 Å². The van der Waals surface area contributed by atoms with Gasteiger partial charge in [-0.25, -0.2) is 0 Å². The first kappa shape index (κ1) is 19.5. The second-order valence-electron chi connectivity index (χ2n) is 7.79. The Hall–Kier alpha value is -2.26. The number of hydrogen-bond acceptors (Lipinski definition) is 2. The van der Waals surface area contributed by atoms with Crippen molar-refractivity contribution < 1.29 is 9.84 Å². The zero-order valence-corrected chi connectivity index (χ0v) is 17.8. The summed E-state index contributed by atoms with van der Waals surface area (Å²) >= 11 is 3.48. The van der Waals surface area contributed by atoms with Gasteiger partial charge in [0.05, 0.1) is 0 Å². The number of aryl methyl sites for hydroxylation is 1. The van der Waals surface area contributed by atoms with Crippen molar-refractivity contribution in [2.45, 2.75) is 38.4 Å². The molecule has 2 nitrogen and oxygen atoms in total. The molecule has 0 radical (unpaired) electrons. The van der Waals surface area contributed by atoms with Gasteiger partial charge in [0, 0.05) is 16.5 Å². The fourth-order valence-electron chi connectivity index (χ4n) is 3.02. The predicted molar refractivity (Wildman–Crippen MR) is 116 cm³/mol. The SMILES string of the molecule is Cc1cccc(-c2ccccc2)c1Oc1cc(C(C)(C)C)cc(CBr)c1O. The summed E-state index contributed by atoms with van der Waals surface area (Å²) in [6.45, 7) is 8.50. The van der Waals surface area contributed by atoms with Crippen LogP contribution < -0.4 is 4.74 Å². The number of rotatable bonds is 4. The molecule has 0 aromatic heterocycles. The molecule has 1 N–H and O–H groups in total. The summed E-state index contributed by atoms with van der Waals surface area (Å²) < 4.78 is 6.33. The van der Waals surface area contributed by atoms with Gasteiger partial charge in [0.2, 0.25) is 0 Å². The van der Waals surface area contributed by atoms with E-state index in [1.54, 1.807) is 0 Å². The van der Waals surface area contributed by atoms with E-state index < -0.39 is 0 Å². The van der Waals surface area contributed by atoms with E-state index >= 15 is 0 Å². The molecule has 0 atom stereocenters. The molecule has 3 aromatic rings. The van der Waals surface area contributed by atoms with Gasteiger partial charge in [-0.15, -0.1) is 0 Å². The summed E-state index contributed by atoms with van der Waals surface area (Å²) in [5, 5.41) is 11.3. The van der Waals surface area contributed by atoms with Crippen LogP contribution in [0.4, 0.5) is 0 Å². The van der Waals surface area contributed by atoms with Crippen molar-refractivity contribution in [1.82, 2.24) is 0 Å². The van der Waals surface area contributed by atoms with E-state index in [0.717, 1.165) is 33.6 Å². The summed E-state index contributed by atoms with van der Waals surface area (Å²) in [5.41, 5.74) is 5.03. The van der Waals surface area contributed by atoms with Gasteiger partial charge in [-0.1, -0.05) is 91.3 Å². The normalized spacial score (nSPS) is 11.4. The monoisotopic (exact) mass is 424 g/mol. The molecule has 140 valence electrons. The van der Waals surface area contributed by atoms with E-state index in [1.807, 2.05) is 55.5 Å². The topological polar surface area (TPSA) is 29.5 Å². The first-order valence-corrected chi connectivity index (χ1v) is 10.2. The van der Waals surface area contributed by atoms with E-state index in [2.05, 4.69) is 48.8 Å². The standard InChI is InChI=1S/C24H25BrO2/c1-16-9-8-12-20(17-10-6-5-7-11-17)23(16)27-21-14-19(24(2,3)4)13-18(15-25)22(21)26/h5-14,26H,15H2,1-4H3. The fourth-order valence-corrected chi connectivity index (χ4v) is 3.45. The minimum absolute atomic E-state index is 0.0449. The highest BCUT2D eigenvalue weighted by molar-refractivity contribution is 9.08. The highest BCUT2D eigenvalue weighted by Gasteiger charge is 2.21. The van der Waals surface area contributed by atoms with E-state index in [9.17, 15) is 5.11 Å². The van der Waals surface area contributed by atoms with Crippen LogP contribution in [0.1, 0.15) is 37.5 Å². The van der Waals surface area contributed by atoms with E-state index in [-0.39, 0.29) is 11.2 Å². The second kappa shape index (κ2) is 7.77. The third-order valence-corrected chi connectivity index (χ3v) is 5.28. The highest BCUT2D eigenvalue weighted by atomic mass is 79.9. The number of aromatic hydroxyl groups is 1. The first-order valence-electron chi connectivity index (χ1n) is 9.06. The van der Waals surface area contributed by atoms with Gasteiger partial charge >= 0.3 is 0 Å². The lowest BCUT2D eigenvalue weighted by molar-refractivity contribution is 0.405. The lowest BCUT2D eigenvalue weighted by Crippen LogP contribution is -2.11. The summed E-state index contributed by atoms with van der Waals surface area (Å²) in [6.07, 6.45) is 0. The Morgan fingerprint density at radius 2 is 1.67 bits per heavy atom. The van der Waals surface area contributed by atoms with E-state index in [0.29, 0.717) is 11.1 Å². The molecule has 27 heavy (non-hydrogen) atoms. The summed E-state index contributed by atoms with van der Waals surface area (Å²) in [4.78, 5) is 0. The van der Waals surface area contributed by atoms with Crippen LogP contribution in [-0.4, -0.2) is 5.11 Å². The predicted octanol–water partition coefficient (Wildman–Crippen LogP) is 7.35. The molecule has 3 rings (SSSR count). The number of phenols is 1. The lowest BCUT2D eigenvalue weighted by atomic mass is 9.86. The summed E-state index contributed by atoms with van der Waals surface area (Å²) in [5.74, 6) is 1.44. The number of alkyl halides is 1. The van der Waals surface area contributed by atoms with Crippen LogP contribution in [0.3, 0.4) is 0 Å². The van der Waals surface area contributed by atoms with Crippen molar-refractivity contribution in [3.8, 4) is 28.4 Å². The number of para-hydroxylation sites is 1. The Labute approximate surface area is 170 Å². The van der Waals surface area contributed by atoms with Gasteiger partial charge < -0.3 is 9.84 Å². The van der Waals surface area contributed by atoms with Gasteiger partial charge in [0.25, 0.3) is 0 Å². The molecule has 0 aliphatic heterocycles. The maximum atomic E-state index is 10.7. The van der Waals surface area contributed by atoms with Crippen LogP contribution in [0.2, 0.25) is 0 Å². The van der Waals surface area contributed by atoms with Crippen molar-refractivity contribution >= 4 is 15.9 Å². The number of phenolic OH excluding ortho intramolecular Hbond substituents is 1. The van der Waals surface area contributed by atoms with Crippen LogP contribution in [0.5, 0.6) is 17.2 Å². The Morgan fingerprint density at radius 1 is 0.963 bits per heavy atom. The molecule has 0 saturated carbocycles. The molecule has 0 bridgehead atoms. The molecule has 0 aliphatic carbocycles. The molecule has 3 aromatic carbocycles. The largest absolute Gasteiger partial charge is 0.504 e. The first-order chi connectivity index (χ1) is 12.8. The van der Waals surface area contributed by atoms with Crippen molar-refractivity contribution in [1.29, 1.82) is 0 Å². The van der Waals surface area contributed by atoms with Crippen LogP contribution in [-0.2, 0) is 10.7 Å². The Kier molecular flexibility index (Phi) is 5.61. The quantitative estimate of drug-likeness (QED) is 0.443. The molecule has 3 heteroatoms. The minimum Gasteiger partial charge on any atom is -0.504 e. The number of benzene rings is 3. The van der Waals surface area contributed by atoms with Crippen LogP contribution in [0.25, 0.3) is 11.1 Å². The third kappa shape index (κ3) is 4.19. The number of hydrogen-bond donors (Lipinski definition) is 1. The average Bonchev–Trinajstić information content (AvgIpc) is 2.64. The smallest absolute Gasteiger partial charge is 0.169 e. The zero-order valence-electron chi connectivity index (χ0n) is 16.2. The molecular formula is C24H25BrO2. The van der Waals surface area contributed by atoms with Crippen molar-refractivity contribution in [2.75, 3.05) is 0 Å². The van der Waals surface area contributed by atoms with Gasteiger partial charge in [-0.3, -0.25) is 0 Å². The van der Waals surface area contributed by atoms with Gasteiger partial charge in [0.15, 0.2) is 11.5 Å². The second-order valence-corrected chi connectivity index (χ2v) is 8.35. The third-order valence-electron chi connectivity index (χ3n) is 4.67. The van der Waals surface area contributed by atoms with Crippen molar-refractivity contribution in [3.05, 3.63) is 77.4 Å². The fraction of sp³-hybridized carbons (Fsp3) is 0.250. The molecule has 0 heterocycles. The minimum atomic E-state index is -0.0449. The Balaban J connectivity index is 2.14. The zero-order chi connectivity index (χ0) is 19.6.